The van der Waals surface area contributed by atoms with Crippen molar-refractivity contribution in [3.8, 4) is 0 Å². The van der Waals surface area contributed by atoms with Crippen LogP contribution < -0.4 is 0 Å². The Morgan fingerprint density at radius 1 is 1.06 bits per heavy atom. The van der Waals surface area contributed by atoms with Gasteiger partial charge >= 0.3 is 0 Å². The smallest absolute Gasteiger partial charge is 0.0942 e. The van der Waals surface area contributed by atoms with E-state index in [0.29, 0.717) is 0 Å². The normalized spacial score (nSPS) is 13.6. The summed E-state index contributed by atoms with van der Waals surface area (Å²) < 4.78 is 0. The molecule has 96 valence electrons. The standard InChI is InChI=1S/C15H16Cl2S/c1-15(2,3)13-9-8-12(18-13)14(17)10-6-4-5-7-11(10)16/h4-9,14H,1-3H3. The molecule has 1 aromatic carbocycles. The first-order chi connectivity index (χ1) is 8.39. The fourth-order valence-corrected chi connectivity index (χ4v) is 3.49. The molecule has 1 atom stereocenters. The van der Waals surface area contributed by atoms with Gasteiger partial charge in [0.2, 0.25) is 0 Å². The molecule has 0 radical (unpaired) electrons. The van der Waals surface area contributed by atoms with Gasteiger partial charge in [-0.25, -0.2) is 0 Å². The molecule has 1 aromatic heterocycles. The summed E-state index contributed by atoms with van der Waals surface area (Å²) in [5.41, 5.74) is 1.14. The molecule has 0 saturated carbocycles. The van der Waals surface area contributed by atoms with E-state index in [-0.39, 0.29) is 10.8 Å². The van der Waals surface area contributed by atoms with Gasteiger partial charge in [0.05, 0.1) is 5.38 Å². The molecular weight excluding hydrogens is 283 g/mol. The summed E-state index contributed by atoms with van der Waals surface area (Å²) in [7, 11) is 0. The fraction of sp³-hybridized carbons (Fsp3) is 0.333. The molecule has 0 spiro atoms. The zero-order chi connectivity index (χ0) is 13.3. The lowest BCUT2D eigenvalue weighted by Crippen LogP contribution is -2.07. The average molecular weight is 299 g/mol. The van der Waals surface area contributed by atoms with Crippen molar-refractivity contribution in [3.63, 3.8) is 0 Å². The number of hydrogen-bond donors (Lipinski definition) is 0. The van der Waals surface area contributed by atoms with Gasteiger partial charge in [0.25, 0.3) is 0 Å². The molecule has 0 fully saturated rings. The Morgan fingerprint density at radius 3 is 2.28 bits per heavy atom. The van der Waals surface area contributed by atoms with E-state index in [1.54, 1.807) is 11.3 Å². The summed E-state index contributed by atoms with van der Waals surface area (Å²) in [6.45, 7) is 6.63. The van der Waals surface area contributed by atoms with Crippen LogP contribution in [0.1, 0.15) is 41.5 Å². The van der Waals surface area contributed by atoms with Gasteiger partial charge in [-0.3, -0.25) is 0 Å². The van der Waals surface area contributed by atoms with Gasteiger partial charge in [0, 0.05) is 14.8 Å². The van der Waals surface area contributed by atoms with E-state index < -0.39 is 0 Å². The first-order valence-corrected chi connectivity index (χ1v) is 7.51. The van der Waals surface area contributed by atoms with Crippen molar-refractivity contribution in [3.05, 3.63) is 56.7 Å². The lowest BCUT2D eigenvalue weighted by atomic mass is 9.95. The van der Waals surface area contributed by atoms with Gasteiger partial charge in [0.15, 0.2) is 0 Å². The van der Waals surface area contributed by atoms with Crippen LogP contribution in [0.3, 0.4) is 0 Å². The summed E-state index contributed by atoms with van der Waals surface area (Å²) in [5, 5.41) is 0.558. The molecule has 0 amide bonds. The molecule has 1 heterocycles. The number of hydrogen-bond acceptors (Lipinski definition) is 1. The zero-order valence-corrected chi connectivity index (χ0v) is 13.0. The van der Waals surface area contributed by atoms with E-state index in [1.165, 1.54) is 4.88 Å². The maximum atomic E-state index is 6.53. The molecule has 0 N–H and O–H groups in total. The van der Waals surface area contributed by atoms with Gasteiger partial charge in [-0.2, -0.15) is 0 Å². The van der Waals surface area contributed by atoms with Gasteiger partial charge in [-0.1, -0.05) is 50.6 Å². The second-order valence-corrected chi connectivity index (χ2v) is 7.30. The molecule has 0 aliphatic rings. The monoisotopic (exact) mass is 298 g/mol. The van der Waals surface area contributed by atoms with Crippen molar-refractivity contribution < 1.29 is 0 Å². The van der Waals surface area contributed by atoms with E-state index in [1.807, 2.05) is 24.3 Å². The Labute approximate surface area is 123 Å². The first kappa shape index (κ1) is 13.9. The van der Waals surface area contributed by atoms with E-state index >= 15 is 0 Å². The predicted octanol–water partition coefficient (Wildman–Crippen LogP) is 6.03. The van der Waals surface area contributed by atoms with Crippen LogP contribution in [0.5, 0.6) is 0 Å². The molecule has 0 saturated heterocycles. The molecule has 0 bridgehead atoms. The third-order valence-corrected chi connectivity index (χ3v) is 5.31. The lowest BCUT2D eigenvalue weighted by molar-refractivity contribution is 0.604. The molecule has 2 rings (SSSR count). The highest BCUT2D eigenvalue weighted by Crippen LogP contribution is 2.39. The quantitative estimate of drug-likeness (QED) is 0.594. The third-order valence-electron chi connectivity index (χ3n) is 2.79. The van der Waals surface area contributed by atoms with Crippen LogP contribution in [0.15, 0.2) is 36.4 Å². The highest BCUT2D eigenvalue weighted by atomic mass is 35.5. The van der Waals surface area contributed by atoms with E-state index in [0.717, 1.165) is 15.5 Å². The number of halogens is 2. The predicted molar refractivity (Wildman–Crippen MR) is 82.2 cm³/mol. The van der Waals surface area contributed by atoms with Crippen LogP contribution in [0.25, 0.3) is 0 Å². The van der Waals surface area contributed by atoms with Gasteiger partial charge < -0.3 is 0 Å². The van der Waals surface area contributed by atoms with Crippen molar-refractivity contribution in [1.29, 1.82) is 0 Å². The second kappa shape index (κ2) is 5.24. The van der Waals surface area contributed by atoms with Gasteiger partial charge in [0.1, 0.15) is 0 Å². The Balaban J connectivity index is 2.33. The second-order valence-electron chi connectivity index (χ2n) is 5.34. The maximum Gasteiger partial charge on any atom is 0.0942 e. The van der Waals surface area contributed by atoms with E-state index in [4.69, 9.17) is 23.2 Å². The van der Waals surface area contributed by atoms with Crippen molar-refractivity contribution >= 4 is 34.5 Å². The highest BCUT2D eigenvalue weighted by molar-refractivity contribution is 7.12. The summed E-state index contributed by atoms with van der Waals surface area (Å²) in [4.78, 5) is 2.49. The molecule has 0 nitrogen and oxygen atoms in total. The number of thiophene rings is 1. The Morgan fingerprint density at radius 2 is 1.72 bits per heavy atom. The third kappa shape index (κ3) is 2.90. The summed E-state index contributed by atoms with van der Waals surface area (Å²) in [6.07, 6.45) is 0. The summed E-state index contributed by atoms with van der Waals surface area (Å²) in [6, 6.07) is 12.0. The van der Waals surface area contributed by atoms with E-state index in [9.17, 15) is 0 Å². The largest absolute Gasteiger partial charge is 0.143 e. The molecule has 3 heteroatoms. The number of rotatable bonds is 2. The van der Waals surface area contributed by atoms with Crippen molar-refractivity contribution in [2.45, 2.75) is 31.6 Å². The zero-order valence-electron chi connectivity index (χ0n) is 10.7. The molecular formula is C15H16Cl2S. The van der Waals surface area contributed by atoms with Crippen LogP contribution in [0, 0.1) is 0 Å². The molecule has 18 heavy (non-hydrogen) atoms. The Hall–Kier alpha value is -0.500. The summed E-state index contributed by atoms with van der Waals surface area (Å²) in [5.74, 6) is 0. The van der Waals surface area contributed by atoms with Crippen molar-refractivity contribution in [2.24, 2.45) is 0 Å². The average Bonchev–Trinajstić information content (AvgIpc) is 2.77. The molecule has 0 aliphatic heterocycles. The van der Waals surface area contributed by atoms with Crippen LogP contribution in [-0.2, 0) is 5.41 Å². The molecule has 1 unspecified atom stereocenters. The topological polar surface area (TPSA) is 0 Å². The first-order valence-electron chi connectivity index (χ1n) is 5.88. The summed E-state index contributed by atoms with van der Waals surface area (Å²) >= 11 is 14.5. The van der Waals surface area contributed by atoms with Crippen LogP contribution in [-0.4, -0.2) is 0 Å². The van der Waals surface area contributed by atoms with E-state index in [2.05, 4.69) is 32.9 Å². The minimum atomic E-state index is -0.167. The Kier molecular flexibility index (Phi) is 4.05. The minimum absolute atomic E-state index is 0.167. The maximum absolute atomic E-state index is 6.53. The molecule has 2 aromatic rings. The lowest BCUT2D eigenvalue weighted by Gasteiger charge is -2.15. The van der Waals surface area contributed by atoms with Crippen LogP contribution >= 0.6 is 34.5 Å². The van der Waals surface area contributed by atoms with Crippen LogP contribution in [0.2, 0.25) is 5.02 Å². The van der Waals surface area contributed by atoms with Crippen molar-refractivity contribution in [1.82, 2.24) is 0 Å². The minimum Gasteiger partial charge on any atom is -0.143 e. The number of alkyl halides is 1. The highest BCUT2D eigenvalue weighted by Gasteiger charge is 2.20. The Bertz CT molecular complexity index is 537. The van der Waals surface area contributed by atoms with Crippen LogP contribution in [0.4, 0.5) is 0 Å². The van der Waals surface area contributed by atoms with Gasteiger partial charge in [-0.05, 0) is 29.2 Å². The SMILES string of the molecule is CC(C)(C)c1ccc(C(Cl)c2ccccc2Cl)s1. The number of benzene rings is 1. The van der Waals surface area contributed by atoms with Gasteiger partial charge in [-0.15, -0.1) is 22.9 Å². The fourth-order valence-electron chi connectivity index (χ4n) is 1.73. The molecule has 0 aliphatic carbocycles. The van der Waals surface area contributed by atoms with Crippen molar-refractivity contribution in [2.75, 3.05) is 0 Å².